The highest BCUT2D eigenvalue weighted by Gasteiger charge is 2.28. The molecule has 25 heavy (non-hydrogen) atoms. The summed E-state index contributed by atoms with van der Waals surface area (Å²) in [5.74, 6) is -1.18. The molecule has 0 saturated carbocycles. The standard InChI is InChI=1S/C18H15BrClFN2O2/c19-13-5-2-1-4-12(13)17(24)22-8-10-23(11-9-22)18(25)16-14(20)6-3-7-15(16)21/h1-7H,8-11H2. The minimum absolute atomic E-state index is 0.0940. The molecule has 2 amide bonds. The van der Waals surface area contributed by atoms with Crippen molar-refractivity contribution in [3.8, 4) is 0 Å². The normalized spacial score (nSPS) is 14.5. The first-order valence-corrected chi connectivity index (χ1v) is 8.93. The van der Waals surface area contributed by atoms with Crippen molar-refractivity contribution in [2.75, 3.05) is 26.2 Å². The van der Waals surface area contributed by atoms with E-state index in [1.165, 1.54) is 23.1 Å². The molecule has 0 atom stereocenters. The van der Waals surface area contributed by atoms with Gasteiger partial charge in [-0.1, -0.05) is 29.8 Å². The van der Waals surface area contributed by atoms with Gasteiger partial charge in [0.1, 0.15) is 5.82 Å². The third-order valence-electron chi connectivity index (χ3n) is 4.13. The number of nitrogens with zero attached hydrogens (tertiary/aromatic N) is 2. The van der Waals surface area contributed by atoms with Crippen LogP contribution in [-0.2, 0) is 0 Å². The summed E-state index contributed by atoms with van der Waals surface area (Å²) >= 11 is 9.34. The minimum atomic E-state index is -0.635. The number of rotatable bonds is 2. The molecule has 0 aliphatic carbocycles. The second kappa shape index (κ2) is 7.54. The molecule has 1 aliphatic rings. The lowest BCUT2D eigenvalue weighted by Gasteiger charge is -2.35. The maximum atomic E-state index is 13.9. The summed E-state index contributed by atoms with van der Waals surface area (Å²) in [6.45, 7) is 1.44. The molecule has 130 valence electrons. The van der Waals surface area contributed by atoms with Gasteiger partial charge in [0.2, 0.25) is 0 Å². The molecule has 1 fully saturated rings. The highest BCUT2D eigenvalue weighted by Crippen LogP contribution is 2.22. The maximum Gasteiger partial charge on any atom is 0.258 e. The van der Waals surface area contributed by atoms with E-state index in [2.05, 4.69) is 15.9 Å². The van der Waals surface area contributed by atoms with E-state index >= 15 is 0 Å². The van der Waals surface area contributed by atoms with Gasteiger partial charge in [0.05, 0.1) is 16.1 Å². The number of amides is 2. The van der Waals surface area contributed by atoms with E-state index in [0.29, 0.717) is 31.7 Å². The van der Waals surface area contributed by atoms with Gasteiger partial charge in [-0.3, -0.25) is 9.59 Å². The van der Waals surface area contributed by atoms with Crippen molar-refractivity contribution in [3.05, 3.63) is 68.9 Å². The highest BCUT2D eigenvalue weighted by molar-refractivity contribution is 9.10. The van der Waals surface area contributed by atoms with Crippen LogP contribution in [0.3, 0.4) is 0 Å². The van der Waals surface area contributed by atoms with Gasteiger partial charge in [0.15, 0.2) is 0 Å². The average molecular weight is 426 g/mol. The van der Waals surface area contributed by atoms with Gasteiger partial charge >= 0.3 is 0 Å². The zero-order chi connectivity index (χ0) is 18.0. The number of piperazine rings is 1. The Morgan fingerprint density at radius 2 is 1.52 bits per heavy atom. The molecule has 0 bridgehead atoms. The first kappa shape index (κ1) is 17.9. The van der Waals surface area contributed by atoms with Crippen LogP contribution in [0.1, 0.15) is 20.7 Å². The molecule has 2 aromatic rings. The van der Waals surface area contributed by atoms with Crippen molar-refractivity contribution in [3.63, 3.8) is 0 Å². The molecule has 7 heteroatoms. The number of halogens is 3. The molecule has 0 unspecified atom stereocenters. The van der Waals surface area contributed by atoms with Crippen LogP contribution in [0.25, 0.3) is 0 Å². The van der Waals surface area contributed by atoms with Gasteiger partial charge < -0.3 is 9.80 Å². The molecular weight excluding hydrogens is 411 g/mol. The van der Waals surface area contributed by atoms with E-state index < -0.39 is 11.7 Å². The average Bonchev–Trinajstić information content (AvgIpc) is 2.61. The van der Waals surface area contributed by atoms with Crippen molar-refractivity contribution in [1.29, 1.82) is 0 Å². The molecule has 0 spiro atoms. The quantitative estimate of drug-likeness (QED) is 0.733. The molecule has 2 aromatic carbocycles. The Hall–Kier alpha value is -1.92. The summed E-state index contributed by atoms with van der Waals surface area (Å²) in [6, 6.07) is 11.4. The van der Waals surface area contributed by atoms with E-state index in [1.807, 2.05) is 12.1 Å². The fraction of sp³-hybridized carbons (Fsp3) is 0.222. The zero-order valence-electron chi connectivity index (χ0n) is 13.2. The van der Waals surface area contributed by atoms with Crippen molar-refractivity contribution in [2.45, 2.75) is 0 Å². The molecule has 4 nitrogen and oxygen atoms in total. The van der Waals surface area contributed by atoms with E-state index in [0.717, 1.165) is 4.47 Å². The molecular formula is C18H15BrClFN2O2. The highest BCUT2D eigenvalue weighted by atomic mass is 79.9. The van der Waals surface area contributed by atoms with Gasteiger partial charge in [-0.15, -0.1) is 0 Å². The Kier molecular flexibility index (Phi) is 5.39. The Balaban J connectivity index is 1.69. The largest absolute Gasteiger partial charge is 0.335 e. The van der Waals surface area contributed by atoms with E-state index in [-0.39, 0.29) is 16.5 Å². The van der Waals surface area contributed by atoms with E-state index in [4.69, 9.17) is 11.6 Å². The summed E-state index contributed by atoms with van der Waals surface area (Å²) in [4.78, 5) is 28.3. The van der Waals surface area contributed by atoms with Crippen LogP contribution in [0.15, 0.2) is 46.9 Å². The molecule has 0 radical (unpaired) electrons. The maximum absolute atomic E-state index is 13.9. The predicted molar refractivity (Wildman–Crippen MR) is 97.4 cm³/mol. The summed E-state index contributed by atoms with van der Waals surface area (Å²) in [5.41, 5.74) is 0.467. The van der Waals surface area contributed by atoms with Gasteiger partial charge in [-0.2, -0.15) is 0 Å². The third-order valence-corrected chi connectivity index (χ3v) is 5.14. The fourth-order valence-electron chi connectivity index (χ4n) is 2.78. The van der Waals surface area contributed by atoms with Gasteiger partial charge in [-0.05, 0) is 40.2 Å². The molecule has 3 rings (SSSR count). The second-order valence-corrected chi connectivity index (χ2v) is 6.92. The van der Waals surface area contributed by atoms with Crippen LogP contribution in [0.5, 0.6) is 0 Å². The molecule has 1 heterocycles. The predicted octanol–water partition coefficient (Wildman–Crippen LogP) is 3.84. The monoisotopic (exact) mass is 424 g/mol. The van der Waals surface area contributed by atoms with Crippen LogP contribution in [0, 0.1) is 5.82 Å². The Morgan fingerprint density at radius 3 is 2.12 bits per heavy atom. The Bertz CT molecular complexity index is 802. The van der Waals surface area contributed by atoms with Crippen LogP contribution in [-0.4, -0.2) is 47.8 Å². The summed E-state index contributed by atoms with van der Waals surface area (Å²) < 4.78 is 14.7. The van der Waals surface area contributed by atoms with Gasteiger partial charge in [-0.25, -0.2) is 4.39 Å². The van der Waals surface area contributed by atoms with Crippen molar-refractivity contribution in [1.82, 2.24) is 9.80 Å². The smallest absolute Gasteiger partial charge is 0.258 e. The third kappa shape index (κ3) is 3.70. The van der Waals surface area contributed by atoms with Crippen LogP contribution < -0.4 is 0 Å². The van der Waals surface area contributed by atoms with Crippen molar-refractivity contribution < 1.29 is 14.0 Å². The van der Waals surface area contributed by atoms with Crippen LogP contribution in [0.4, 0.5) is 4.39 Å². The van der Waals surface area contributed by atoms with E-state index in [9.17, 15) is 14.0 Å². The van der Waals surface area contributed by atoms with Crippen LogP contribution in [0.2, 0.25) is 5.02 Å². The number of hydrogen-bond acceptors (Lipinski definition) is 2. The summed E-state index contributed by atoms with van der Waals surface area (Å²) in [7, 11) is 0. The van der Waals surface area contributed by atoms with E-state index in [1.54, 1.807) is 17.0 Å². The number of benzene rings is 2. The zero-order valence-corrected chi connectivity index (χ0v) is 15.6. The topological polar surface area (TPSA) is 40.6 Å². The summed E-state index contributed by atoms with van der Waals surface area (Å²) in [5, 5.41) is 0.0942. The minimum Gasteiger partial charge on any atom is -0.335 e. The lowest BCUT2D eigenvalue weighted by Crippen LogP contribution is -2.50. The number of carbonyl (C=O) groups excluding carboxylic acids is 2. The van der Waals surface area contributed by atoms with Gasteiger partial charge in [0, 0.05) is 30.7 Å². The fourth-order valence-corrected chi connectivity index (χ4v) is 3.48. The summed E-state index contributed by atoms with van der Waals surface area (Å²) in [6.07, 6.45) is 0. The molecule has 0 aromatic heterocycles. The van der Waals surface area contributed by atoms with Crippen molar-refractivity contribution >= 4 is 39.3 Å². The Labute approximate surface area is 158 Å². The molecule has 1 aliphatic heterocycles. The van der Waals surface area contributed by atoms with Gasteiger partial charge in [0.25, 0.3) is 11.8 Å². The first-order valence-electron chi connectivity index (χ1n) is 7.76. The SMILES string of the molecule is O=C(c1ccccc1Br)N1CCN(C(=O)c2c(F)cccc2Cl)CC1. The van der Waals surface area contributed by atoms with Crippen LogP contribution >= 0.6 is 27.5 Å². The molecule has 1 saturated heterocycles. The Morgan fingerprint density at radius 1 is 0.920 bits per heavy atom. The number of carbonyl (C=O) groups is 2. The molecule has 0 N–H and O–H groups in total. The second-order valence-electron chi connectivity index (χ2n) is 5.66. The lowest BCUT2D eigenvalue weighted by atomic mass is 10.1. The lowest BCUT2D eigenvalue weighted by molar-refractivity contribution is 0.0532. The van der Waals surface area contributed by atoms with Crippen molar-refractivity contribution in [2.24, 2.45) is 0 Å². The number of hydrogen-bond donors (Lipinski definition) is 0. The first-order chi connectivity index (χ1) is 12.0.